The van der Waals surface area contributed by atoms with Crippen molar-refractivity contribution >= 4 is 0 Å². The van der Waals surface area contributed by atoms with Crippen molar-refractivity contribution in [2.75, 3.05) is 13.2 Å². The number of rotatable bonds is 8. The van der Waals surface area contributed by atoms with Gasteiger partial charge in [-0.1, -0.05) is 54.8 Å². The third-order valence-electron chi connectivity index (χ3n) is 4.15. The first-order valence-corrected chi connectivity index (χ1v) is 8.62. The summed E-state index contributed by atoms with van der Waals surface area (Å²) in [4.78, 5) is 0. The fraction of sp³-hybridized carbons (Fsp3) is 0.429. The van der Waals surface area contributed by atoms with E-state index in [1.54, 1.807) is 0 Å². The first kappa shape index (κ1) is 17.6. The zero-order valence-electron chi connectivity index (χ0n) is 14.6. The summed E-state index contributed by atoms with van der Waals surface area (Å²) in [5.74, 6) is 1.31. The first-order valence-electron chi connectivity index (χ1n) is 8.62. The molecule has 1 atom stereocenters. The van der Waals surface area contributed by atoms with Crippen LogP contribution in [0, 0.1) is 13.8 Å². The topological polar surface area (TPSA) is 35.2 Å². The van der Waals surface area contributed by atoms with E-state index in [4.69, 9.17) is 10.5 Å². The lowest BCUT2D eigenvalue weighted by atomic mass is 9.90. The van der Waals surface area contributed by atoms with Crippen molar-refractivity contribution < 1.29 is 4.74 Å². The number of aryl methyl sites for hydroxylation is 2. The smallest absolute Gasteiger partial charge is 0.119 e. The van der Waals surface area contributed by atoms with Gasteiger partial charge in [0, 0.05) is 5.92 Å². The molecule has 0 fully saturated rings. The van der Waals surface area contributed by atoms with Gasteiger partial charge in [0.25, 0.3) is 0 Å². The van der Waals surface area contributed by atoms with Gasteiger partial charge in [-0.2, -0.15) is 0 Å². The SMILES string of the molecule is CCCCOc1cccc(CC(CN)c2cc(C)cc(C)c2)c1. The second-order valence-electron chi connectivity index (χ2n) is 6.41. The highest BCUT2D eigenvalue weighted by Crippen LogP contribution is 2.24. The van der Waals surface area contributed by atoms with Crippen molar-refractivity contribution in [1.29, 1.82) is 0 Å². The molecule has 0 spiro atoms. The molecular formula is C21H29NO. The maximum absolute atomic E-state index is 6.06. The number of hydrogen-bond donors (Lipinski definition) is 1. The van der Waals surface area contributed by atoms with E-state index < -0.39 is 0 Å². The van der Waals surface area contributed by atoms with Gasteiger partial charge in [0.05, 0.1) is 6.61 Å². The van der Waals surface area contributed by atoms with Gasteiger partial charge in [0.15, 0.2) is 0 Å². The molecule has 0 amide bonds. The van der Waals surface area contributed by atoms with Gasteiger partial charge < -0.3 is 10.5 Å². The van der Waals surface area contributed by atoms with Gasteiger partial charge in [-0.15, -0.1) is 0 Å². The summed E-state index contributed by atoms with van der Waals surface area (Å²) in [5, 5.41) is 0. The van der Waals surface area contributed by atoms with Crippen LogP contribution in [0.1, 0.15) is 47.9 Å². The van der Waals surface area contributed by atoms with Crippen molar-refractivity contribution in [2.45, 2.75) is 46.0 Å². The minimum absolute atomic E-state index is 0.347. The summed E-state index contributed by atoms with van der Waals surface area (Å²) < 4.78 is 5.81. The predicted molar refractivity (Wildman–Crippen MR) is 98.3 cm³/mol. The predicted octanol–water partition coefficient (Wildman–Crippen LogP) is 4.77. The highest BCUT2D eigenvalue weighted by atomic mass is 16.5. The molecule has 0 aliphatic rings. The van der Waals surface area contributed by atoms with Crippen LogP contribution in [-0.2, 0) is 6.42 Å². The summed E-state index contributed by atoms with van der Waals surface area (Å²) in [6.07, 6.45) is 3.20. The maximum Gasteiger partial charge on any atom is 0.119 e. The molecule has 2 heteroatoms. The molecule has 0 saturated heterocycles. The van der Waals surface area contributed by atoms with Crippen molar-refractivity contribution in [3.05, 3.63) is 64.7 Å². The number of unbranched alkanes of at least 4 members (excludes halogenated alkanes) is 1. The van der Waals surface area contributed by atoms with E-state index in [0.29, 0.717) is 12.5 Å². The lowest BCUT2D eigenvalue weighted by Gasteiger charge is -2.17. The largest absolute Gasteiger partial charge is 0.494 e. The summed E-state index contributed by atoms with van der Waals surface area (Å²) in [6, 6.07) is 15.1. The van der Waals surface area contributed by atoms with Crippen molar-refractivity contribution in [3.8, 4) is 5.75 Å². The fourth-order valence-electron chi connectivity index (χ4n) is 2.96. The number of hydrogen-bond acceptors (Lipinski definition) is 2. The summed E-state index contributed by atoms with van der Waals surface area (Å²) in [7, 11) is 0. The average molecular weight is 311 g/mol. The molecule has 2 rings (SSSR count). The van der Waals surface area contributed by atoms with Crippen LogP contribution in [0.4, 0.5) is 0 Å². The first-order chi connectivity index (χ1) is 11.1. The van der Waals surface area contributed by atoms with Crippen LogP contribution in [0.25, 0.3) is 0 Å². The molecule has 23 heavy (non-hydrogen) atoms. The number of ether oxygens (including phenoxy) is 1. The molecule has 0 aliphatic carbocycles. The Morgan fingerprint density at radius 2 is 1.78 bits per heavy atom. The van der Waals surface area contributed by atoms with Crippen LogP contribution in [0.15, 0.2) is 42.5 Å². The minimum Gasteiger partial charge on any atom is -0.494 e. The van der Waals surface area contributed by atoms with Crippen molar-refractivity contribution in [1.82, 2.24) is 0 Å². The van der Waals surface area contributed by atoms with E-state index in [0.717, 1.165) is 31.6 Å². The highest BCUT2D eigenvalue weighted by molar-refractivity contribution is 5.34. The molecule has 0 saturated carbocycles. The Morgan fingerprint density at radius 1 is 1.04 bits per heavy atom. The van der Waals surface area contributed by atoms with Crippen LogP contribution in [0.2, 0.25) is 0 Å². The molecule has 2 nitrogen and oxygen atoms in total. The Labute approximate surface area is 140 Å². The molecule has 0 aromatic heterocycles. The van der Waals surface area contributed by atoms with E-state index in [-0.39, 0.29) is 0 Å². The van der Waals surface area contributed by atoms with Gasteiger partial charge in [0.2, 0.25) is 0 Å². The quantitative estimate of drug-likeness (QED) is 0.713. The Morgan fingerprint density at radius 3 is 2.43 bits per heavy atom. The van der Waals surface area contributed by atoms with Crippen molar-refractivity contribution in [2.24, 2.45) is 5.73 Å². The number of benzene rings is 2. The molecular weight excluding hydrogens is 282 g/mol. The normalized spacial score (nSPS) is 12.2. The number of nitrogens with two attached hydrogens (primary N) is 1. The van der Waals surface area contributed by atoms with Crippen LogP contribution < -0.4 is 10.5 Å². The minimum atomic E-state index is 0.347. The molecule has 0 aliphatic heterocycles. The Bertz CT molecular complexity index is 601. The van der Waals surface area contributed by atoms with E-state index in [1.807, 2.05) is 6.07 Å². The second-order valence-corrected chi connectivity index (χ2v) is 6.41. The maximum atomic E-state index is 6.06. The fourth-order valence-corrected chi connectivity index (χ4v) is 2.96. The third kappa shape index (κ3) is 5.40. The molecule has 2 aromatic carbocycles. The van der Waals surface area contributed by atoms with Gasteiger partial charge in [0.1, 0.15) is 5.75 Å². The van der Waals surface area contributed by atoms with Gasteiger partial charge in [-0.3, -0.25) is 0 Å². The van der Waals surface area contributed by atoms with E-state index in [1.165, 1.54) is 22.3 Å². The van der Waals surface area contributed by atoms with Gasteiger partial charge in [-0.25, -0.2) is 0 Å². The molecule has 2 N–H and O–H groups in total. The molecule has 1 unspecified atom stereocenters. The Kier molecular flexibility index (Phi) is 6.66. The third-order valence-corrected chi connectivity index (χ3v) is 4.15. The van der Waals surface area contributed by atoms with Crippen LogP contribution in [0.3, 0.4) is 0 Å². The zero-order valence-corrected chi connectivity index (χ0v) is 14.6. The summed E-state index contributed by atoms with van der Waals surface area (Å²) >= 11 is 0. The lowest BCUT2D eigenvalue weighted by Crippen LogP contribution is -2.15. The summed E-state index contributed by atoms with van der Waals surface area (Å²) in [5.41, 5.74) is 11.3. The monoisotopic (exact) mass is 311 g/mol. The highest BCUT2D eigenvalue weighted by Gasteiger charge is 2.12. The second kappa shape index (κ2) is 8.73. The lowest BCUT2D eigenvalue weighted by molar-refractivity contribution is 0.309. The van der Waals surface area contributed by atoms with Crippen LogP contribution in [0.5, 0.6) is 5.75 Å². The molecule has 2 aromatic rings. The average Bonchev–Trinajstić information content (AvgIpc) is 2.52. The van der Waals surface area contributed by atoms with Crippen LogP contribution in [-0.4, -0.2) is 13.2 Å². The Hall–Kier alpha value is -1.80. The Balaban J connectivity index is 2.10. The standard InChI is InChI=1S/C21H29NO/c1-4-5-9-23-21-8-6-7-18(14-21)13-20(15-22)19-11-16(2)10-17(3)12-19/h6-8,10-12,14,20H,4-5,9,13,15,22H2,1-3H3. The van der Waals surface area contributed by atoms with Crippen molar-refractivity contribution in [3.63, 3.8) is 0 Å². The molecule has 0 bridgehead atoms. The summed E-state index contributed by atoms with van der Waals surface area (Å²) in [6.45, 7) is 7.91. The van der Waals surface area contributed by atoms with Gasteiger partial charge >= 0.3 is 0 Å². The van der Waals surface area contributed by atoms with Crippen LogP contribution >= 0.6 is 0 Å². The van der Waals surface area contributed by atoms with E-state index in [9.17, 15) is 0 Å². The van der Waals surface area contributed by atoms with E-state index >= 15 is 0 Å². The molecule has 0 heterocycles. The molecule has 124 valence electrons. The van der Waals surface area contributed by atoms with E-state index in [2.05, 4.69) is 57.2 Å². The zero-order chi connectivity index (χ0) is 16.7. The van der Waals surface area contributed by atoms with Gasteiger partial charge in [-0.05, 0) is 56.5 Å². The molecule has 0 radical (unpaired) electrons.